The number of hydrogen-bond acceptors (Lipinski definition) is 6. The van der Waals surface area contributed by atoms with Crippen molar-refractivity contribution >= 4 is 11.8 Å². The van der Waals surface area contributed by atoms with Crippen molar-refractivity contribution in [3.8, 4) is 5.75 Å². The zero-order valence-corrected chi connectivity index (χ0v) is 20.0. The Bertz CT molecular complexity index is 1210. The number of hydrogen-bond donors (Lipinski definition) is 0. The van der Waals surface area contributed by atoms with E-state index in [4.69, 9.17) is 9.47 Å². The van der Waals surface area contributed by atoms with Gasteiger partial charge in [0.2, 0.25) is 5.91 Å². The maximum absolute atomic E-state index is 13.2. The summed E-state index contributed by atoms with van der Waals surface area (Å²) in [4.78, 5) is 29.6. The predicted octanol–water partition coefficient (Wildman–Crippen LogP) is 2.39. The van der Waals surface area contributed by atoms with Gasteiger partial charge in [0.15, 0.2) is 5.69 Å². The molecule has 3 heterocycles. The van der Waals surface area contributed by atoms with Crippen LogP contribution in [0.3, 0.4) is 0 Å². The van der Waals surface area contributed by atoms with Crippen molar-refractivity contribution < 1.29 is 19.1 Å². The van der Waals surface area contributed by atoms with Crippen molar-refractivity contribution in [1.82, 2.24) is 24.8 Å². The van der Waals surface area contributed by atoms with E-state index < -0.39 is 0 Å². The van der Waals surface area contributed by atoms with Crippen LogP contribution in [0.25, 0.3) is 0 Å². The maximum atomic E-state index is 13.2. The maximum Gasteiger partial charge on any atom is 0.276 e. The van der Waals surface area contributed by atoms with E-state index in [1.54, 1.807) is 16.7 Å². The quantitative estimate of drug-likeness (QED) is 0.563. The Hall–Kier alpha value is -3.72. The molecule has 0 radical (unpaired) electrons. The van der Waals surface area contributed by atoms with Crippen molar-refractivity contribution in [2.24, 2.45) is 0 Å². The topological polar surface area (TPSA) is 89.8 Å². The van der Waals surface area contributed by atoms with Crippen LogP contribution in [0.4, 0.5) is 0 Å². The van der Waals surface area contributed by atoms with Gasteiger partial charge in [0.25, 0.3) is 5.91 Å². The summed E-state index contributed by atoms with van der Waals surface area (Å²) in [6.07, 6.45) is 0.215. The van der Waals surface area contributed by atoms with Crippen LogP contribution in [0.5, 0.6) is 5.75 Å². The fourth-order valence-electron chi connectivity index (χ4n) is 4.59. The zero-order chi connectivity index (χ0) is 24.4. The second-order valence-electron chi connectivity index (χ2n) is 8.92. The minimum absolute atomic E-state index is 0.0883. The second kappa shape index (κ2) is 9.87. The first-order chi connectivity index (χ1) is 17.0. The highest BCUT2D eigenvalue weighted by atomic mass is 16.5. The van der Waals surface area contributed by atoms with E-state index in [1.807, 2.05) is 60.4 Å². The number of fused-ring (bicyclic) bond motifs is 1. The monoisotopic (exact) mass is 475 g/mol. The van der Waals surface area contributed by atoms with Crippen molar-refractivity contribution in [2.75, 3.05) is 33.3 Å². The Kier molecular flexibility index (Phi) is 6.50. The summed E-state index contributed by atoms with van der Waals surface area (Å²) in [5, 5.41) is 8.42. The van der Waals surface area contributed by atoms with E-state index in [0.717, 1.165) is 22.4 Å². The molecule has 0 bridgehead atoms. The standard InChI is InChI=1S/C26H29N5O4/c1-18-5-3-4-6-20(18)15-24(32)29-11-13-30(14-12-29)26(33)25-22-17-35-23(16-31(22)28-27-25)19-7-9-21(34-2)10-8-19/h3-10,23H,11-17H2,1-2H3/t23-/m1/s1. The normalized spacial score (nSPS) is 17.7. The molecule has 0 spiro atoms. The molecular formula is C26H29N5O4. The van der Waals surface area contributed by atoms with E-state index in [2.05, 4.69) is 10.3 Å². The lowest BCUT2D eigenvalue weighted by molar-refractivity contribution is -0.131. The molecule has 0 unspecified atom stereocenters. The summed E-state index contributed by atoms with van der Waals surface area (Å²) in [5.41, 5.74) is 4.20. The second-order valence-corrected chi connectivity index (χ2v) is 8.92. The highest BCUT2D eigenvalue weighted by Crippen LogP contribution is 2.28. The van der Waals surface area contributed by atoms with E-state index in [0.29, 0.717) is 50.5 Å². The van der Waals surface area contributed by atoms with Crippen LogP contribution in [0.15, 0.2) is 48.5 Å². The van der Waals surface area contributed by atoms with Gasteiger partial charge in [0, 0.05) is 26.2 Å². The molecule has 9 nitrogen and oxygen atoms in total. The Balaban J connectivity index is 1.19. The van der Waals surface area contributed by atoms with Crippen LogP contribution in [-0.4, -0.2) is 69.9 Å². The summed E-state index contributed by atoms with van der Waals surface area (Å²) < 4.78 is 13.0. The summed E-state index contributed by atoms with van der Waals surface area (Å²) >= 11 is 0. The molecule has 2 aromatic carbocycles. The van der Waals surface area contributed by atoms with Gasteiger partial charge in [0.05, 0.1) is 32.4 Å². The lowest BCUT2D eigenvalue weighted by Crippen LogP contribution is -2.51. The van der Waals surface area contributed by atoms with Gasteiger partial charge >= 0.3 is 0 Å². The van der Waals surface area contributed by atoms with Crippen LogP contribution < -0.4 is 4.74 Å². The first kappa shape index (κ1) is 23.0. The number of piperazine rings is 1. The number of nitrogens with zero attached hydrogens (tertiary/aromatic N) is 5. The lowest BCUT2D eigenvalue weighted by Gasteiger charge is -2.34. The third-order valence-electron chi connectivity index (χ3n) is 6.81. The van der Waals surface area contributed by atoms with Crippen LogP contribution >= 0.6 is 0 Å². The molecule has 0 N–H and O–H groups in total. The number of ether oxygens (including phenoxy) is 2. The fraction of sp³-hybridized carbons (Fsp3) is 0.385. The third kappa shape index (κ3) is 4.77. The number of methoxy groups -OCH3 is 1. The van der Waals surface area contributed by atoms with Crippen LogP contribution in [0.1, 0.15) is 39.0 Å². The lowest BCUT2D eigenvalue weighted by atomic mass is 10.1. The summed E-state index contributed by atoms with van der Waals surface area (Å²) in [5.74, 6) is 0.713. The summed E-state index contributed by atoms with van der Waals surface area (Å²) in [6.45, 7) is 4.73. The largest absolute Gasteiger partial charge is 0.497 e. The molecule has 0 saturated carbocycles. The molecule has 35 heavy (non-hydrogen) atoms. The van der Waals surface area contributed by atoms with Gasteiger partial charge in [-0.15, -0.1) is 5.10 Å². The third-order valence-corrected chi connectivity index (χ3v) is 6.81. The average Bonchev–Trinajstić information content (AvgIpc) is 3.33. The Morgan fingerprint density at radius 1 is 1.03 bits per heavy atom. The van der Waals surface area contributed by atoms with Gasteiger partial charge < -0.3 is 19.3 Å². The SMILES string of the molecule is COc1ccc([C@H]2Cn3nnc(C(=O)N4CCN(C(=O)Cc5ccccc5C)CC4)c3CO2)cc1. The van der Waals surface area contributed by atoms with Gasteiger partial charge in [-0.1, -0.05) is 41.6 Å². The molecule has 1 atom stereocenters. The molecule has 5 rings (SSSR count). The van der Waals surface area contributed by atoms with E-state index in [1.165, 1.54) is 0 Å². The molecule has 9 heteroatoms. The number of aromatic nitrogens is 3. The van der Waals surface area contributed by atoms with Gasteiger partial charge in [0.1, 0.15) is 11.9 Å². The Morgan fingerprint density at radius 3 is 2.46 bits per heavy atom. The number of carbonyl (C=O) groups excluding carboxylic acids is 2. The Labute approximate surface area is 204 Å². The van der Waals surface area contributed by atoms with Crippen LogP contribution in [0, 0.1) is 6.92 Å². The molecule has 1 fully saturated rings. The minimum Gasteiger partial charge on any atom is -0.497 e. The zero-order valence-electron chi connectivity index (χ0n) is 20.0. The molecule has 182 valence electrons. The molecule has 2 amide bonds. The highest BCUT2D eigenvalue weighted by Gasteiger charge is 2.32. The minimum atomic E-state index is -0.166. The Morgan fingerprint density at radius 2 is 1.74 bits per heavy atom. The van der Waals surface area contributed by atoms with Gasteiger partial charge in [-0.05, 0) is 35.7 Å². The molecule has 3 aromatic rings. The van der Waals surface area contributed by atoms with Crippen LogP contribution in [0.2, 0.25) is 0 Å². The number of amides is 2. The van der Waals surface area contributed by atoms with E-state index in [9.17, 15) is 9.59 Å². The molecule has 2 aliphatic heterocycles. The summed E-state index contributed by atoms with van der Waals surface area (Å²) in [6, 6.07) is 15.7. The van der Waals surface area contributed by atoms with Gasteiger partial charge in [-0.25, -0.2) is 4.68 Å². The fourth-order valence-corrected chi connectivity index (χ4v) is 4.59. The molecule has 0 aliphatic carbocycles. The first-order valence-corrected chi connectivity index (χ1v) is 11.8. The van der Waals surface area contributed by atoms with Crippen molar-refractivity contribution in [1.29, 1.82) is 0 Å². The van der Waals surface area contributed by atoms with E-state index >= 15 is 0 Å². The molecular weight excluding hydrogens is 446 g/mol. The van der Waals surface area contributed by atoms with E-state index in [-0.39, 0.29) is 24.5 Å². The first-order valence-electron chi connectivity index (χ1n) is 11.8. The summed E-state index contributed by atoms with van der Waals surface area (Å²) in [7, 11) is 1.63. The number of carbonyl (C=O) groups is 2. The molecule has 1 saturated heterocycles. The van der Waals surface area contributed by atoms with Gasteiger partial charge in [-0.3, -0.25) is 9.59 Å². The average molecular weight is 476 g/mol. The van der Waals surface area contributed by atoms with Gasteiger partial charge in [-0.2, -0.15) is 0 Å². The van der Waals surface area contributed by atoms with Crippen molar-refractivity contribution in [2.45, 2.75) is 32.6 Å². The molecule has 1 aromatic heterocycles. The smallest absolute Gasteiger partial charge is 0.276 e. The van der Waals surface area contributed by atoms with Crippen LogP contribution in [-0.2, 0) is 29.1 Å². The highest BCUT2D eigenvalue weighted by molar-refractivity contribution is 5.93. The van der Waals surface area contributed by atoms with Crippen molar-refractivity contribution in [3.63, 3.8) is 0 Å². The number of rotatable bonds is 5. The van der Waals surface area contributed by atoms with Crippen molar-refractivity contribution in [3.05, 3.63) is 76.6 Å². The number of benzene rings is 2. The predicted molar refractivity (Wildman–Crippen MR) is 128 cm³/mol. The number of aryl methyl sites for hydroxylation is 1. The molecule has 2 aliphatic rings.